The molecule has 202 valence electrons. The number of para-hydroxylation sites is 1. The molecule has 0 fully saturated rings. The van der Waals surface area contributed by atoms with Gasteiger partial charge in [0.15, 0.2) is 11.4 Å². The molecule has 1 atom stereocenters. The van der Waals surface area contributed by atoms with Crippen LogP contribution in [0.1, 0.15) is 46.1 Å². The molecule has 0 saturated heterocycles. The van der Waals surface area contributed by atoms with E-state index in [1.807, 2.05) is 72.8 Å². The van der Waals surface area contributed by atoms with Gasteiger partial charge in [-0.25, -0.2) is 0 Å². The molecule has 1 aromatic heterocycles. The van der Waals surface area contributed by atoms with Crippen molar-refractivity contribution in [3.8, 4) is 11.5 Å². The number of aromatic nitrogens is 1. The highest BCUT2D eigenvalue weighted by Crippen LogP contribution is 2.37. The normalized spacial score (nSPS) is 17.8. The Morgan fingerprint density at radius 3 is 2.42 bits per heavy atom. The summed E-state index contributed by atoms with van der Waals surface area (Å²) in [4.78, 5) is 28.9. The number of benzene rings is 3. The van der Waals surface area contributed by atoms with Gasteiger partial charge in [0.1, 0.15) is 25.1 Å². The molecule has 3 heterocycles. The molecule has 7 heteroatoms. The Kier molecular flexibility index (Phi) is 7.35. The second kappa shape index (κ2) is 11.5. The lowest BCUT2D eigenvalue weighted by molar-refractivity contribution is 0.0698. The fraction of sp³-hybridized carbons (Fsp3) is 0.212. The van der Waals surface area contributed by atoms with Gasteiger partial charge >= 0.3 is 0 Å². The molecule has 2 bridgehead atoms. The maximum atomic E-state index is 14.0. The average Bonchev–Trinajstić information content (AvgIpc) is 3.00. The molecular formula is C33H31N3O4. The Morgan fingerprint density at radius 1 is 0.850 bits per heavy atom. The van der Waals surface area contributed by atoms with Gasteiger partial charge in [-0.3, -0.25) is 19.3 Å². The average molecular weight is 534 g/mol. The molecule has 3 aromatic carbocycles. The molecule has 0 N–H and O–H groups in total. The summed E-state index contributed by atoms with van der Waals surface area (Å²) in [6.45, 7) is 1.50. The third-order valence-electron chi connectivity index (χ3n) is 7.24. The van der Waals surface area contributed by atoms with Crippen LogP contribution in [0.4, 0.5) is 0 Å². The maximum Gasteiger partial charge on any atom is 0.278 e. The van der Waals surface area contributed by atoms with Crippen molar-refractivity contribution in [3.05, 3.63) is 142 Å². The molecule has 0 radical (unpaired) electrons. The highest BCUT2D eigenvalue weighted by molar-refractivity contribution is 5.96. The number of allylic oxidation sites excluding steroid dienone is 1. The van der Waals surface area contributed by atoms with Gasteiger partial charge in [0.25, 0.3) is 5.91 Å². The first-order valence-electron chi connectivity index (χ1n) is 13.6. The predicted octanol–water partition coefficient (Wildman–Crippen LogP) is 5.30. The lowest BCUT2D eigenvalue weighted by atomic mass is 9.97. The van der Waals surface area contributed by atoms with Crippen LogP contribution >= 0.6 is 0 Å². The molecule has 2 aliphatic rings. The van der Waals surface area contributed by atoms with E-state index in [1.165, 1.54) is 6.07 Å². The summed E-state index contributed by atoms with van der Waals surface area (Å²) in [6.07, 6.45) is 7.48. The van der Waals surface area contributed by atoms with Crippen molar-refractivity contribution >= 4 is 5.91 Å². The summed E-state index contributed by atoms with van der Waals surface area (Å²) >= 11 is 0. The Labute approximate surface area is 233 Å². The van der Waals surface area contributed by atoms with E-state index in [2.05, 4.69) is 29.3 Å². The third kappa shape index (κ3) is 5.10. The topological polar surface area (TPSA) is 64.0 Å². The number of hydrogen-bond acceptors (Lipinski definition) is 5. The number of hydrogen-bond donors (Lipinski definition) is 0. The van der Waals surface area contributed by atoms with Crippen molar-refractivity contribution in [3.63, 3.8) is 0 Å². The summed E-state index contributed by atoms with van der Waals surface area (Å²) in [6, 6.07) is 29.0. The first kappa shape index (κ1) is 25.5. The van der Waals surface area contributed by atoms with E-state index in [1.54, 1.807) is 15.8 Å². The van der Waals surface area contributed by atoms with Crippen molar-refractivity contribution < 1.29 is 14.3 Å². The highest BCUT2D eigenvalue weighted by atomic mass is 16.5. The molecule has 4 aromatic rings. The zero-order valence-electron chi connectivity index (χ0n) is 22.2. The van der Waals surface area contributed by atoms with Crippen LogP contribution in [0.3, 0.4) is 0 Å². The van der Waals surface area contributed by atoms with Crippen molar-refractivity contribution in [2.75, 3.05) is 24.8 Å². The van der Waals surface area contributed by atoms with Crippen molar-refractivity contribution in [1.82, 2.24) is 9.58 Å². The van der Waals surface area contributed by atoms with Crippen molar-refractivity contribution in [2.24, 2.45) is 0 Å². The quantitative estimate of drug-likeness (QED) is 0.333. The van der Waals surface area contributed by atoms with E-state index in [0.717, 1.165) is 35.3 Å². The number of carbonyl (C=O) groups is 1. The summed E-state index contributed by atoms with van der Waals surface area (Å²) in [5, 5.41) is 2.11. The van der Waals surface area contributed by atoms with Crippen LogP contribution in [0.25, 0.3) is 0 Å². The Balaban J connectivity index is 1.53. The van der Waals surface area contributed by atoms with Crippen LogP contribution < -0.4 is 19.9 Å². The second-order valence-electron chi connectivity index (χ2n) is 9.90. The molecule has 0 saturated carbocycles. The van der Waals surface area contributed by atoms with Crippen LogP contribution in [0.5, 0.6) is 11.5 Å². The van der Waals surface area contributed by atoms with Crippen molar-refractivity contribution in [1.29, 1.82) is 0 Å². The number of rotatable bonds is 4. The van der Waals surface area contributed by atoms with Gasteiger partial charge in [0.05, 0.1) is 6.61 Å². The highest BCUT2D eigenvalue weighted by Gasteiger charge is 2.37. The van der Waals surface area contributed by atoms with E-state index >= 15 is 0 Å². The lowest BCUT2D eigenvalue weighted by Gasteiger charge is -2.44. The minimum atomic E-state index is -0.328. The number of nitrogens with zero attached hydrogens (tertiary/aromatic N) is 3. The van der Waals surface area contributed by atoms with E-state index < -0.39 is 0 Å². The third-order valence-corrected chi connectivity index (χ3v) is 7.24. The molecule has 2 aliphatic heterocycles. The van der Waals surface area contributed by atoms with Crippen LogP contribution in [0, 0.1) is 0 Å². The number of fused-ring (bicyclic) bond motifs is 5. The first-order chi connectivity index (χ1) is 19.7. The zero-order chi connectivity index (χ0) is 27.3. The van der Waals surface area contributed by atoms with Gasteiger partial charge in [-0.05, 0) is 30.0 Å². The Bertz CT molecular complexity index is 1570. The molecule has 0 unspecified atom stereocenters. The van der Waals surface area contributed by atoms with Crippen LogP contribution in [-0.4, -0.2) is 35.3 Å². The summed E-state index contributed by atoms with van der Waals surface area (Å²) in [5.74, 6) is 0.606. The fourth-order valence-corrected chi connectivity index (χ4v) is 5.28. The first-order valence-corrected chi connectivity index (χ1v) is 13.6. The number of amides is 1. The summed E-state index contributed by atoms with van der Waals surface area (Å²) in [7, 11) is 0. The standard InChI is InChI=1S/C33H31N3O4/c37-28-19-21-35-31(32(28)40-23-25-13-5-3-6-14-25)33(38)34-20-11-1-2-12-22-39-29-18-10-9-17-27(29)30(36(35)24-34)26-15-7-4-8-16-26/h1,3-11,13-19,21,30H,2,12,20,22-24H2/b11-1-/t30-/m0/s1. The molecule has 6 rings (SSSR count). The zero-order valence-corrected chi connectivity index (χ0v) is 22.2. The van der Waals surface area contributed by atoms with Crippen LogP contribution in [-0.2, 0) is 6.61 Å². The van der Waals surface area contributed by atoms with Crippen molar-refractivity contribution in [2.45, 2.75) is 25.5 Å². The predicted molar refractivity (Wildman–Crippen MR) is 154 cm³/mol. The Morgan fingerprint density at radius 2 is 1.60 bits per heavy atom. The number of carbonyl (C=O) groups excluding carboxylic acids is 1. The molecular weight excluding hydrogens is 502 g/mol. The monoisotopic (exact) mass is 533 g/mol. The van der Waals surface area contributed by atoms with E-state index in [0.29, 0.717) is 19.8 Å². The number of ether oxygens (including phenoxy) is 2. The van der Waals surface area contributed by atoms with Gasteiger partial charge in [-0.1, -0.05) is 91.0 Å². The SMILES string of the molecule is O=C1c2c(OCc3ccccc3)c(=O)ccn2N2CN1C/C=C\CCCOc1ccccc1[C@@H]2c1ccccc1. The lowest BCUT2D eigenvalue weighted by Crippen LogP contribution is -2.55. The van der Waals surface area contributed by atoms with Crippen LogP contribution in [0.2, 0.25) is 0 Å². The van der Waals surface area contributed by atoms with E-state index in [9.17, 15) is 9.59 Å². The largest absolute Gasteiger partial charge is 0.493 e. The van der Waals surface area contributed by atoms with E-state index in [-0.39, 0.29) is 35.4 Å². The number of pyridine rings is 1. The van der Waals surface area contributed by atoms with E-state index in [4.69, 9.17) is 9.47 Å². The maximum absolute atomic E-state index is 14.0. The minimum absolute atomic E-state index is 0.0516. The fourth-order valence-electron chi connectivity index (χ4n) is 5.28. The minimum Gasteiger partial charge on any atom is -0.493 e. The molecule has 7 nitrogen and oxygen atoms in total. The van der Waals surface area contributed by atoms with Gasteiger partial charge in [0, 0.05) is 24.4 Å². The van der Waals surface area contributed by atoms with Gasteiger partial charge in [-0.2, -0.15) is 0 Å². The molecule has 0 spiro atoms. The summed E-state index contributed by atoms with van der Waals surface area (Å²) < 4.78 is 14.2. The summed E-state index contributed by atoms with van der Waals surface area (Å²) in [5.41, 5.74) is 2.82. The smallest absolute Gasteiger partial charge is 0.278 e. The Hall–Kier alpha value is -4.78. The van der Waals surface area contributed by atoms with Crippen LogP contribution in [0.15, 0.2) is 114 Å². The van der Waals surface area contributed by atoms with Gasteiger partial charge in [-0.15, -0.1) is 0 Å². The van der Waals surface area contributed by atoms with Gasteiger partial charge in [0.2, 0.25) is 5.43 Å². The second-order valence-corrected chi connectivity index (χ2v) is 9.90. The molecule has 0 aliphatic carbocycles. The molecule has 40 heavy (non-hydrogen) atoms. The molecule has 1 amide bonds. The van der Waals surface area contributed by atoms with Gasteiger partial charge < -0.3 is 14.4 Å².